The number of likely N-dealkylation sites (tertiary alicyclic amines) is 1. The van der Waals surface area contributed by atoms with E-state index in [0.29, 0.717) is 19.0 Å². The van der Waals surface area contributed by atoms with Crippen LogP contribution in [0.3, 0.4) is 0 Å². The molecule has 25 heavy (non-hydrogen) atoms. The van der Waals surface area contributed by atoms with Crippen LogP contribution in [-0.4, -0.2) is 43.1 Å². The number of hydrogen-bond donors (Lipinski definition) is 0. The molecule has 3 aromatic rings. The van der Waals surface area contributed by atoms with Crippen LogP contribution in [0, 0.1) is 0 Å². The van der Waals surface area contributed by atoms with Crippen LogP contribution >= 0.6 is 0 Å². The Hall–Kier alpha value is -2.96. The molecule has 1 aliphatic heterocycles. The zero-order chi connectivity index (χ0) is 17.2. The monoisotopic (exact) mass is 337 g/mol. The van der Waals surface area contributed by atoms with Crippen molar-refractivity contribution in [3.05, 3.63) is 65.0 Å². The van der Waals surface area contributed by atoms with Gasteiger partial charge in [-0.15, -0.1) is 10.2 Å². The highest BCUT2D eigenvalue weighted by Gasteiger charge is 2.26. The maximum atomic E-state index is 12.5. The van der Waals surface area contributed by atoms with Crippen molar-refractivity contribution in [3.63, 3.8) is 0 Å². The van der Waals surface area contributed by atoms with E-state index in [-0.39, 0.29) is 18.0 Å². The third kappa shape index (κ3) is 3.05. The average molecular weight is 337 g/mol. The molecular weight excluding hydrogens is 318 g/mol. The smallest absolute Gasteiger partial charge is 0.250 e. The van der Waals surface area contributed by atoms with Gasteiger partial charge in [0.25, 0.3) is 5.56 Å². The van der Waals surface area contributed by atoms with Crippen molar-refractivity contribution >= 4 is 11.6 Å². The van der Waals surface area contributed by atoms with Crippen molar-refractivity contribution in [2.75, 3.05) is 13.1 Å². The van der Waals surface area contributed by atoms with Gasteiger partial charge in [-0.25, -0.2) is 0 Å². The molecule has 1 aliphatic rings. The number of piperidine rings is 1. The van der Waals surface area contributed by atoms with E-state index in [1.165, 1.54) is 10.6 Å². The Morgan fingerprint density at radius 3 is 2.60 bits per heavy atom. The van der Waals surface area contributed by atoms with Gasteiger partial charge >= 0.3 is 0 Å². The second-order valence-corrected chi connectivity index (χ2v) is 6.31. The third-order valence-electron chi connectivity index (χ3n) is 4.76. The van der Waals surface area contributed by atoms with Crippen LogP contribution in [0.4, 0.5) is 0 Å². The summed E-state index contributed by atoms with van der Waals surface area (Å²) < 4.78 is 3.46. The number of pyridine rings is 2. The average Bonchev–Trinajstić information content (AvgIpc) is 3.08. The van der Waals surface area contributed by atoms with Crippen molar-refractivity contribution < 1.29 is 4.79 Å². The van der Waals surface area contributed by atoms with Crippen molar-refractivity contribution in [2.24, 2.45) is 0 Å². The second-order valence-electron chi connectivity index (χ2n) is 6.31. The SMILES string of the molecule is O=C(Cn1ccccc1=O)N1CCC(c2nnc3ccccn23)CC1. The molecule has 1 fully saturated rings. The molecule has 7 heteroatoms. The van der Waals surface area contributed by atoms with Gasteiger partial charge in [-0.2, -0.15) is 0 Å². The number of fused-ring (bicyclic) bond motifs is 1. The Morgan fingerprint density at radius 2 is 1.80 bits per heavy atom. The molecule has 0 unspecified atom stereocenters. The number of rotatable bonds is 3. The Balaban J connectivity index is 1.42. The number of carbonyl (C=O) groups excluding carboxylic acids is 1. The second kappa shape index (κ2) is 6.51. The van der Waals surface area contributed by atoms with E-state index in [2.05, 4.69) is 10.2 Å². The Morgan fingerprint density at radius 1 is 1.04 bits per heavy atom. The zero-order valence-electron chi connectivity index (χ0n) is 13.8. The summed E-state index contributed by atoms with van der Waals surface area (Å²) in [6.45, 7) is 1.44. The van der Waals surface area contributed by atoms with Gasteiger partial charge in [0.1, 0.15) is 12.4 Å². The van der Waals surface area contributed by atoms with Crippen molar-refractivity contribution in [1.82, 2.24) is 24.1 Å². The highest BCUT2D eigenvalue weighted by atomic mass is 16.2. The van der Waals surface area contributed by atoms with Gasteiger partial charge in [-0.3, -0.25) is 14.0 Å². The molecule has 7 nitrogen and oxygen atoms in total. The Labute approximate surface area is 144 Å². The highest BCUT2D eigenvalue weighted by Crippen LogP contribution is 2.27. The predicted octanol–water partition coefficient (Wildman–Crippen LogP) is 1.30. The summed E-state index contributed by atoms with van der Waals surface area (Å²) in [6, 6.07) is 10.8. The first kappa shape index (κ1) is 15.6. The van der Waals surface area contributed by atoms with Gasteiger partial charge in [-0.05, 0) is 31.0 Å². The largest absolute Gasteiger partial charge is 0.341 e. The lowest BCUT2D eigenvalue weighted by atomic mass is 9.96. The van der Waals surface area contributed by atoms with Crippen LogP contribution in [0.2, 0.25) is 0 Å². The van der Waals surface area contributed by atoms with Gasteiger partial charge in [0.15, 0.2) is 5.65 Å². The van der Waals surface area contributed by atoms with Crippen molar-refractivity contribution in [2.45, 2.75) is 25.3 Å². The van der Waals surface area contributed by atoms with E-state index >= 15 is 0 Å². The fourth-order valence-electron chi connectivity index (χ4n) is 3.36. The third-order valence-corrected chi connectivity index (χ3v) is 4.76. The summed E-state index contributed by atoms with van der Waals surface area (Å²) in [6.07, 6.45) is 5.33. The van der Waals surface area contributed by atoms with E-state index in [1.807, 2.05) is 33.7 Å². The first-order chi connectivity index (χ1) is 12.2. The van der Waals surface area contributed by atoms with Crippen molar-refractivity contribution in [1.29, 1.82) is 0 Å². The van der Waals surface area contributed by atoms with Crippen LogP contribution in [0.5, 0.6) is 0 Å². The number of amides is 1. The number of aromatic nitrogens is 4. The lowest BCUT2D eigenvalue weighted by molar-refractivity contribution is -0.133. The van der Waals surface area contributed by atoms with Gasteiger partial charge in [-0.1, -0.05) is 12.1 Å². The minimum absolute atomic E-state index is 0.0159. The van der Waals surface area contributed by atoms with E-state index in [0.717, 1.165) is 24.3 Å². The lowest BCUT2D eigenvalue weighted by Crippen LogP contribution is -2.41. The van der Waals surface area contributed by atoms with E-state index in [9.17, 15) is 9.59 Å². The normalized spacial score (nSPS) is 15.6. The minimum Gasteiger partial charge on any atom is -0.341 e. The molecule has 0 aromatic carbocycles. The van der Waals surface area contributed by atoms with Crippen LogP contribution in [0.1, 0.15) is 24.6 Å². The summed E-state index contributed by atoms with van der Waals surface area (Å²) in [5, 5.41) is 8.54. The van der Waals surface area contributed by atoms with Gasteiger partial charge < -0.3 is 9.47 Å². The lowest BCUT2D eigenvalue weighted by Gasteiger charge is -2.31. The molecule has 128 valence electrons. The first-order valence-electron chi connectivity index (χ1n) is 8.45. The molecule has 0 saturated carbocycles. The quantitative estimate of drug-likeness (QED) is 0.722. The molecule has 0 atom stereocenters. The molecule has 3 aromatic heterocycles. The molecule has 0 N–H and O–H groups in total. The minimum atomic E-state index is -0.152. The maximum Gasteiger partial charge on any atom is 0.250 e. The molecule has 4 rings (SSSR count). The molecule has 0 bridgehead atoms. The molecule has 0 spiro atoms. The zero-order valence-corrected chi connectivity index (χ0v) is 13.8. The number of hydrogen-bond acceptors (Lipinski definition) is 4. The van der Waals surface area contributed by atoms with Gasteiger partial charge in [0, 0.05) is 37.5 Å². The summed E-state index contributed by atoms with van der Waals surface area (Å²) >= 11 is 0. The molecule has 0 aliphatic carbocycles. The summed E-state index contributed by atoms with van der Waals surface area (Å²) in [5.41, 5.74) is 0.695. The molecule has 4 heterocycles. The fraction of sp³-hybridized carbons (Fsp3) is 0.333. The maximum absolute atomic E-state index is 12.5. The molecule has 1 amide bonds. The fourth-order valence-corrected chi connectivity index (χ4v) is 3.36. The summed E-state index contributed by atoms with van der Waals surface area (Å²) in [4.78, 5) is 26.0. The number of nitrogens with zero attached hydrogens (tertiary/aromatic N) is 5. The number of carbonyl (C=O) groups is 1. The van der Waals surface area contributed by atoms with Crippen LogP contribution in [-0.2, 0) is 11.3 Å². The molecule has 1 saturated heterocycles. The Kier molecular flexibility index (Phi) is 4.05. The topological polar surface area (TPSA) is 72.5 Å². The van der Waals surface area contributed by atoms with E-state index in [4.69, 9.17) is 0 Å². The van der Waals surface area contributed by atoms with Crippen LogP contribution < -0.4 is 5.56 Å². The van der Waals surface area contributed by atoms with E-state index in [1.54, 1.807) is 18.3 Å². The van der Waals surface area contributed by atoms with Crippen LogP contribution in [0.15, 0.2) is 53.6 Å². The summed E-state index contributed by atoms with van der Waals surface area (Å²) in [7, 11) is 0. The predicted molar refractivity (Wildman–Crippen MR) is 92.2 cm³/mol. The van der Waals surface area contributed by atoms with Gasteiger partial charge in [0.05, 0.1) is 0 Å². The standard InChI is InChI=1S/C18H19N5O2/c24-16-6-2-3-9-22(16)13-17(25)21-11-7-14(8-12-21)18-20-19-15-5-1-4-10-23(15)18/h1-6,9-10,14H,7-8,11-13H2. The van der Waals surface area contributed by atoms with Gasteiger partial charge in [0.2, 0.25) is 5.91 Å². The molecular formula is C18H19N5O2. The van der Waals surface area contributed by atoms with Crippen LogP contribution in [0.25, 0.3) is 5.65 Å². The molecule has 0 radical (unpaired) electrons. The highest BCUT2D eigenvalue weighted by molar-refractivity contribution is 5.76. The van der Waals surface area contributed by atoms with Crippen molar-refractivity contribution in [3.8, 4) is 0 Å². The van der Waals surface area contributed by atoms with E-state index < -0.39 is 0 Å². The Bertz CT molecular complexity index is 953. The first-order valence-corrected chi connectivity index (χ1v) is 8.45. The summed E-state index contributed by atoms with van der Waals surface area (Å²) in [5.74, 6) is 1.24.